The Kier molecular flexibility index (Phi) is 4.71. The summed E-state index contributed by atoms with van der Waals surface area (Å²) in [6, 6.07) is 3.75. The number of carbonyl (C=O) groups is 1. The number of hydrogen-bond donors (Lipinski definition) is 3. The number of thiol groups is 1. The van der Waals surface area contributed by atoms with Crippen molar-refractivity contribution in [3.63, 3.8) is 0 Å². The van der Waals surface area contributed by atoms with Crippen LogP contribution in [-0.2, 0) is 6.54 Å². The summed E-state index contributed by atoms with van der Waals surface area (Å²) >= 11 is 4.44. The van der Waals surface area contributed by atoms with E-state index in [-0.39, 0.29) is 5.91 Å². The van der Waals surface area contributed by atoms with Crippen LogP contribution < -0.4 is 15.0 Å². The smallest absolute Gasteiger partial charge is 0.273 e. The molecule has 122 valence electrons. The maximum Gasteiger partial charge on any atom is 0.273 e. The van der Waals surface area contributed by atoms with Gasteiger partial charge in [-0.05, 0) is 18.6 Å². The second kappa shape index (κ2) is 6.91. The Balaban J connectivity index is 1.82. The zero-order chi connectivity index (χ0) is 16.2. The number of anilines is 1. The quantitative estimate of drug-likeness (QED) is 0.556. The summed E-state index contributed by atoms with van der Waals surface area (Å²) in [7, 11) is 0. The maximum atomic E-state index is 11.9. The van der Waals surface area contributed by atoms with E-state index >= 15 is 0 Å². The van der Waals surface area contributed by atoms with Crippen molar-refractivity contribution in [1.82, 2.24) is 20.3 Å². The lowest BCUT2D eigenvalue weighted by Crippen LogP contribution is -2.49. The minimum absolute atomic E-state index is 0.214. The van der Waals surface area contributed by atoms with Crippen LogP contribution in [-0.4, -0.2) is 33.0 Å². The molecule has 0 saturated heterocycles. The number of aromatic nitrogens is 3. The normalized spacial score (nSPS) is 16.9. The van der Waals surface area contributed by atoms with Crippen molar-refractivity contribution in [1.29, 1.82) is 0 Å². The molecule has 7 nitrogen and oxygen atoms in total. The number of pyridine rings is 1. The lowest BCUT2D eigenvalue weighted by atomic mass is 10.2. The highest BCUT2D eigenvalue weighted by atomic mass is 32.1. The highest BCUT2D eigenvalue weighted by Gasteiger charge is 2.31. The first kappa shape index (κ1) is 15.7. The van der Waals surface area contributed by atoms with E-state index in [1.54, 1.807) is 6.20 Å². The highest BCUT2D eigenvalue weighted by Crippen LogP contribution is 2.27. The zero-order valence-corrected chi connectivity index (χ0v) is 13.7. The first-order chi connectivity index (χ1) is 11.2. The van der Waals surface area contributed by atoms with Gasteiger partial charge in [0.2, 0.25) is 0 Å². The SMILES string of the molecule is CCCCOc1cccnc1CN1c2nc[nH]c2C(=O)NC1S. The van der Waals surface area contributed by atoms with Gasteiger partial charge in [-0.3, -0.25) is 9.78 Å². The first-order valence-electron chi connectivity index (χ1n) is 7.56. The van der Waals surface area contributed by atoms with Crippen molar-refractivity contribution in [3.05, 3.63) is 36.0 Å². The summed E-state index contributed by atoms with van der Waals surface area (Å²) in [6.07, 6.45) is 5.29. The molecule has 1 amide bonds. The summed E-state index contributed by atoms with van der Waals surface area (Å²) in [5.74, 6) is 1.10. The largest absolute Gasteiger partial charge is 0.492 e. The van der Waals surface area contributed by atoms with Crippen molar-refractivity contribution < 1.29 is 9.53 Å². The number of ether oxygens (including phenoxy) is 1. The molecular formula is C15H19N5O2S. The molecule has 2 aromatic rings. The molecule has 0 saturated carbocycles. The summed E-state index contributed by atoms with van der Waals surface area (Å²) in [5, 5.41) is 2.77. The third-order valence-corrected chi connectivity index (χ3v) is 4.01. The second-order valence-electron chi connectivity index (χ2n) is 5.23. The first-order valence-corrected chi connectivity index (χ1v) is 8.08. The van der Waals surface area contributed by atoms with Crippen molar-refractivity contribution in [2.75, 3.05) is 11.5 Å². The van der Waals surface area contributed by atoms with E-state index in [2.05, 4.69) is 39.8 Å². The van der Waals surface area contributed by atoms with Crippen molar-refractivity contribution >= 4 is 24.4 Å². The lowest BCUT2D eigenvalue weighted by molar-refractivity contribution is 0.0937. The molecule has 0 fully saturated rings. The maximum absolute atomic E-state index is 11.9. The number of H-pyrrole nitrogens is 1. The van der Waals surface area contributed by atoms with Crippen LogP contribution >= 0.6 is 12.6 Å². The van der Waals surface area contributed by atoms with Gasteiger partial charge in [0.25, 0.3) is 5.91 Å². The summed E-state index contributed by atoms with van der Waals surface area (Å²) < 4.78 is 5.82. The fourth-order valence-electron chi connectivity index (χ4n) is 2.38. The Hall–Kier alpha value is -2.22. The van der Waals surface area contributed by atoms with Crippen LogP contribution in [0, 0.1) is 0 Å². The molecule has 1 atom stereocenters. The molecule has 3 rings (SSSR count). The topological polar surface area (TPSA) is 83.1 Å². The van der Waals surface area contributed by atoms with Crippen molar-refractivity contribution in [3.8, 4) is 5.75 Å². The highest BCUT2D eigenvalue weighted by molar-refractivity contribution is 7.81. The van der Waals surface area contributed by atoms with Crippen molar-refractivity contribution in [2.24, 2.45) is 0 Å². The Morgan fingerprint density at radius 3 is 3.13 bits per heavy atom. The molecular weight excluding hydrogens is 314 g/mol. The minimum Gasteiger partial charge on any atom is -0.492 e. The van der Waals surface area contributed by atoms with Crippen molar-refractivity contribution in [2.45, 2.75) is 31.8 Å². The van der Waals surface area contributed by atoms with Crippen LogP contribution in [0.15, 0.2) is 24.7 Å². The van der Waals surface area contributed by atoms with Gasteiger partial charge in [0, 0.05) is 6.20 Å². The molecule has 0 aliphatic carbocycles. The molecule has 2 N–H and O–H groups in total. The van der Waals surface area contributed by atoms with Gasteiger partial charge in [-0.1, -0.05) is 13.3 Å². The van der Waals surface area contributed by atoms with E-state index < -0.39 is 5.50 Å². The fourth-order valence-corrected chi connectivity index (χ4v) is 2.69. The van der Waals surface area contributed by atoms with E-state index in [0.717, 1.165) is 24.3 Å². The molecule has 1 aliphatic heterocycles. The number of aromatic amines is 1. The predicted molar refractivity (Wildman–Crippen MR) is 89.7 cm³/mol. The van der Waals surface area contributed by atoms with Crippen LogP contribution in [0.5, 0.6) is 5.75 Å². The lowest BCUT2D eigenvalue weighted by Gasteiger charge is -2.33. The molecule has 0 bridgehead atoms. The van der Waals surface area contributed by atoms with E-state index in [1.807, 2.05) is 17.0 Å². The third-order valence-electron chi connectivity index (χ3n) is 3.60. The van der Waals surface area contributed by atoms with Crippen LogP contribution in [0.25, 0.3) is 0 Å². The number of hydrogen-bond acceptors (Lipinski definition) is 6. The minimum atomic E-state index is -0.469. The summed E-state index contributed by atoms with van der Waals surface area (Å²) in [4.78, 5) is 25.3. The Labute approximate surface area is 139 Å². The van der Waals surface area contributed by atoms with Gasteiger partial charge in [-0.15, -0.1) is 12.6 Å². The van der Waals surface area contributed by atoms with Crippen LogP contribution in [0.1, 0.15) is 35.9 Å². The standard InChI is InChI=1S/C15H19N5O2S/c1-2-3-7-22-11-5-4-6-16-10(11)8-20-13-12(17-9-18-13)14(21)19-15(20)23/h4-6,9,15,23H,2-3,7-8H2,1H3,(H,17,18)(H,19,21). The Bertz CT molecular complexity index is 690. The molecule has 8 heteroatoms. The van der Waals surface area contributed by atoms with E-state index in [0.29, 0.717) is 24.7 Å². The molecule has 0 spiro atoms. The number of nitrogens with zero attached hydrogens (tertiary/aromatic N) is 3. The molecule has 0 radical (unpaired) electrons. The van der Waals surface area contributed by atoms with Gasteiger partial charge in [0.1, 0.15) is 22.6 Å². The third kappa shape index (κ3) is 3.26. The number of unbranched alkanes of at least 4 members (excludes halogenated alkanes) is 1. The Morgan fingerprint density at radius 1 is 1.43 bits per heavy atom. The second-order valence-corrected chi connectivity index (χ2v) is 5.72. The van der Waals surface area contributed by atoms with E-state index in [1.165, 1.54) is 6.33 Å². The van der Waals surface area contributed by atoms with Gasteiger partial charge >= 0.3 is 0 Å². The van der Waals surface area contributed by atoms with Crippen LogP contribution in [0.4, 0.5) is 5.82 Å². The average Bonchev–Trinajstić information content (AvgIpc) is 3.03. The number of carbonyl (C=O) groups excluding carboxylic acids is 1. The molecule has 1 aliphatic rings. The number of fused-ring (bicyclic) bond motifs is 1. The molecule has 3 heterocycles. The number of imidazole rings is 1. The fraction of sp³-hybridized carbons (Fsp3) is 0.400. The molecule has 2 aromatic heterocycles. The number of nitrogens with one attached hydrogen (secondary N) is 2. The molecule has 23 heavy (non-hydrogen) atoms. The van der Waals surface area contributed by atoms with E-state index in [4.69, 9.17) is 4.74 Å². The van der Waals surface area contributed by atoms with Crippen LogP contribution in [0.3, 0.4) is 0 Å². The van der Waals surface area contributed by atoms with Gasteiger partial charge in [0.05, 0.1) is 19.5 Å². The molecule has 1 unspecified atom stereocenters. The van der Waals surface area contributed by atoms with Gasteiger partial charge in [-0.25, -0.2) is 4.98 Å². The van der Waals surface area contributed by atoms with Gasteiger partial charge in [0.15, 0.2) is 5.82 Å². The summed E-state index contributed by atoms with van der Waals surface area (Å²) in [5.41, 5.74) is 0.747. The average molecular weight is 333 g/mol. The number of amides is 1. The summed E-state index contributed by atoms with van der Waals surface area (Å²) in [6.45, 7) is 3.22. The van der Waals surface area contributed by atoms with Crippen LogP contribution in [0.2, 0.25) is 0 Å². The Morgan fingerprint density at radius 2 is 2.30 bits per heavy atom. The van der Waals surface area contributed by atoms with Gasteiger partial charge in [-0.2, -0.15) is 0 Å². The van der Waals surface area contributed by atoms with E-state index in [9.17, 15) is 4.79 Å². The number of rotatable bonds is 6. The molecule has 0 aromatic carbocycles. The zero-order valence-electron chi connectivity index (χ0n) is 12.8. The van der Waals surface area contributed by atoms with Gasteiger partial charge < -0.3 is 19.9 Å². The monoisotopic (exact) mass is 333 g/mol. The predicted octanol–water partition coefficient (Wildman–Crippen LogP) is 1.95.